The zero-order chi connectivity index (χ0) is 22.7. The van der Waals surface area contributed by atoms with Crippen LogP contribution < -0.4 is 15.6 Å². The number of hydrogen-bond donors (Lipinski definition) is 2. The minimum atomic E-state index is -1.21. The molecule has 7 nitrogen and oxygen atoms in total. The average molecular weight is 445 g/mol. The van der Waals surface area contributed by atoms with Gasteiger partial charge in [-0.1, -0.05) is 60.2 Å². The van der Waals surface area contributed by atoms with Crippen LogP contribution in [0.3, 0.4) is 0 Å². The number of hydrogen-bond acceptors (Lipinski definition) is 5. The van der Waals surface area contributed by atoms with Gasteiger partial charge in [0.15, 0.2) is 11.0 Å². The maximum absolute atomic E-state index is 12.9. The second-order valence-electron chi connectivity index (χ2n) is 7.41. The van der Waals surface area contributed by atoms with E-state index in [2.05, 4.69) is 15.8 Å². The molecule has 4 rings (SSSR count). The standard InChI is InChI=1S/C24H20N4O3S/c1-15-9-11-18(12-10-15)28-23(31)20(22(30)26-24(28)32)14-25-27-21(29)13-17-7-4-6-16-5-2-3-8-19(16)17/h2-12,14,20H,13H2,1H3,(H,27,29)(H,26,30,32)/b25-14+/t20-/m1/s1. The summed E-state index contributed by atoms with van der Waals surface area (Å²) in [4.78, 5) is 38.9. The largest absolute Gasteiger partial charge is 0.301 e. The molecule has 0 aliphatic carbocycles. The van der Waals surface area contributed by atoms with Crippen molar-refractivity contribution in [2.45, 2.75) is 13.3 Å². The molecule has 0 saturated carbocycles. The Morgan fingerprint density at radius 2 is 1.81 bits per heavy atom. The fourth-order valence-electron chi connectivity index (χ4n) is 3.50. The van der Waals surface area contributed by atoms with E-state index in [0.29, 0.717) is 5.69 Å². The lowest BCUT2D eigenvalue weighted by Crippen LogP contribution is -2.58. The molecule has 1 atom stereocenters. The Morgan fingerprint density at radius 3 is 2.59 bits per heavy atom. The lowest BCUT2D eigenvalue weighted by molar-refractivity contribution is -0.130. The Labute approximate surface area is 190 Å². The molecule has 8 heteroatoms. The smallest absolute Gasteiger partial charge is 0.251 e. The maximum Gasteiger partial charge on any atom is 0.251 e. The van der Waals surface area contributed by atoms with Crippen molar-refractivity contribution in [1.29, 1.82) is 0 Å². The van der Waals surface area contributed by atoms with E-state index in [9.17, 15) is 14.4 Å². The second-order valence-corrected chi connectivity index (χ2v) is 7.80. The first kappa shape index (κ1) is 21.3. The van der Waals surface area contributed by atoms with Crippen LogP contribution in [0.25, 0.3) is 10.8 Å². The quantitative estimate of drug-likeness (QED) is 0.274. The van der Waals surface area contributed by atoms with Crippen LogP contribution >= 0.6 is 12.2 Å². The summed E-state index contributed by atoms with van der Waals surface area (Å²) in [7, 11) is 0. The van der Waals surface area contributed by atoms with Gasteiger partial charge in [0.2, 0.25) is 11.8 Å². The van der Waals surface area contributed by atoms with Crippen LogP contribution in [-0.4, -0.2) is 29.0 Å². The summed E-state index contributed by atoms with van der Waals surface area (Å²) in [5, 5.41) is 8.41. The molecule has 1 aliphatic rings. The zero-order valence-corrected chi connectivity index (χ0v) is 18.1. The van der Waals surface area contributed by atoms with Crippen LogP contribution in [0.2, 0.25) is 0 Å². The highest BCUT2D eigenvalue weighted by atomic mass is 32.1. The van der Waals surface area contributed by atoms with Gasteiger partial charge in [-0.05, 0) is 47.6 Å². The third-order valence-corrected chi connectivity index (χ3v) is 5.42. The molecule has 160 valence electrons. The van der Waals surface area contributed by atoms with Crippen LogP contribution in [0, 0.1) is 12.8 Å². The molecule has 32 heavy (non-hydrogen) atoms. The van der Waals surface area contributed by atoms with Gasteiger partial charge in [0.1, 0.15) is 0 Å². The molecule has 3 aromatic rings. The summed E-state index contributed by atoms with van der Waals surface area (Å²) in [5.74, 6) is -2.68. The van der Waals surface area contributed by atoms with Crippen molar-refractivity contribution in [3.63, 3.8) is 0 Å². The monoisotopic (exact) mass is 444 g/mol. The van der Waals surface area contributed by atoms with Crippen molar-refractivity contribution in [2.75, 3.05) is 4.90 Å². The highest BCUT2D eigenvalue weighted by Gasteiger charge is 2.38. The number of nitrogens with one attached hydrogen (secondary N) is 2. The summed E-state index contributed by atoms with van der Waals surface area (Å²) in [6.07, 6.45) is 1.24. The number of nitrogens with zero attached hydrogens (tertiary/aromatic N) is 2. The number of hydrazone groups is 1. The van der Waals surface area contributed by atoms with Gasteiger partial charge in [-0.15, -0.1) is 0 Å². The molecular formula is C24H20N4O3S. The van der Waals surface area contributed by atoms with Crippen LogP contribution in [0.5, 0.6) is 0 Å². The van der Waals surface area contributed by atoms with Crippen molar-refractivity contribution >= 4 is 57.7 Å². The molecule has 3 amide bonds. The molecule has 3 aromatic carbocycles. The number of anilines is 1. The van der Waals surface area contributed by atoms with Crippen molar-refractivity contribution in [1.82, 2.24) is 10.7 Å². The van der Waals surface area contributed by atoms with E-state index in [1.807, 2.05) is 61.5 Å². The molecule has 1 aliphatic heterocycles. The highest BCUT2D eigenvalue weighted by molar-refractivity contribution is 7.80. The molecule has 2 N–H and O–H groups in total. The third-order valence-electron chi connectivity index (χ3n) is 5.14. The van der Waals surface area contributed by atoms with Crippen molar-refractivity contribution in [3.8, 4) is 0 Å². The van der Waals surface area contributed by atoms with Crippen molar-refractivity contribution in [3.05, 3.63) is 77.9 Å². The fraction of sp³-hybridized carbons (Fsp3) is 0.125. The lowest BCUT2D eigenvalue weighted by atomic mass is 10.0. The Kier molecular flexibility index (Phi) is 6.04. The normalized spacial score (nSPS) is 16.5. The third kappa shape index (κ3) is 4.40. The van der Waals surface area contributed by atoms with E-state index in [1.54, 1.807) is 12.1 Å². The lowest BCUT2D eigenvalue weighted by Gasteiger charge is -2.30. The predicted octanol–water partition coefficient (Wildman–Crippen LogP) is 2.86. The molecule has 1 heterocycles. The van der Waals surface area contributed by atoms with E-state index in [-0.39, 0.29) is 17.4 Å². The first-order valence-corrected chi connectivity index (χ1v) is 10.4. The SMILES string of the molecule is Cc1ccc(N2C(=O)[C@H](/C=N/NC(=O)Cc3cccc4ccccc34)C(=O)NC2=S)cc1. The van der Waals surface area contributed by atoms with Gasteiger partial charge >= 0.3 is 0 Å². The number of aryl methyl sites for hydroxylation is 1. The number of carbonyl (C=O) groups is 3. The van der Waals surface area contributed by atoms with E-state index >= 15 is 0 Å². The number of thiocarbonyl (C=S) groups is 1. The molecule has 0 radical (unpaired) electrons. The number of amides is 3. The summed E-state index contributed by atoms with van der Waals surface area (Å²) in [6.45, 7) is 1.93. The van der Waals surface area contributed by atoms with Crippen molar-refractivity contribution in [2.24, 2.45) is 11.0 Å². The number of rotatable bonds is 5. The molecule has 0 unspecified atom stereocenters. The Hall–Kier alpha value is -3.91. The summed E-state index contributed by atoms with van der Waals surface area (Å²) in [5.41, 5.74) is 4.84. The summed E-state index contributed by atoms with van der Waals surface area (Å²) >= 11 is 5.17. The first-order chi connectivity index (χ1) is 15.4. The molecule has 0 bridgehead atoms. The maximum atomic E-state index is 12.9. The highest BCUT2D eigenvalue weighted by Crippen LogP contribution is 2.21. The van der Waals surface area contributed by atoms with Gasteiger partial charge in [-0.3, -0.25) is 19.3 Å². The number of carbonyl (C=O) groups excluding carboxylic acids is 3. The second kappa shape index (κ2) is 9.07. The van der Waals surface area contributed by atoms with Gasteiger partial charge in [-0.25, -0.2) is 5.43 Å². The van der Waals surface area contributed by atoms with Gasteiger partial charge in [0.25, 0.3) is 5.91 Å². The van der Waals surface area contributed by atoms with Gasteiger partial charge < -0.3 is 5.32 Å². The predicted molar refractivity (Wildman–Crippen MR) is 127 cm³/mol. The molecule has 1 fully saturated rings. The molecule has 1 saturated heterocycles. The van der Waals surface area contributed by atoms with Crippen LogP contribution in [0.4, 0.5) is 5.69 Å². The van der Waals surface area contributed by atoms with Crippen LogP contribution in [-0.2, 0) is 20.8 Å². The summed E-state index contributed by atoms with van der Waals surface area (Å²) < 4.78 is 0. The minimum absolute atomic E-state index is 0.00787. The van der Waals surface area contributed by atoms with Gasteiger partial charge in [0.05, 0.1) is 12.1 Å². The van der Waals surface area contributed by atoms with Crippen LogP contribution in [0.15, 0.2) is 71.8 Å². The van der Waals surface area contributed by atoms with E-state index < -0.39 is 17.7 Å². The summed E-state index contributed by atoms with van der Waals surface area (Å²) in [6, 6.07) is 20.7. The van der Waals surface area contributed by atoms with Crippen molar-refractivity contribution < 1.29 is 14.4 Å². The zero-order valence-electron chi connectivity index (χ0n) is 17.2. The number of fused-ring (bicyclic) bond motifs is 1. The Bertz CT molecular complexity index is 1250. The molecule has 0 spiro atoms. The van der Waals surface area contributed by atoms with Gasteiger partial charge in [0, 0.05) is 6.21 Å². The Balaban J connectivity index is 1.45. The van der Waals surface area contributed by atoms with Gasteiger partial charge in [-0.2, -0.15) is 5.10 Å². The van der Waals surface area contributed by atoms with E-state index in [4.69, 9.17) is 12.2 Å². The van der Waals surface area contributed by atoms with Crippen LogP contribution in [0.1, 0.15) is 11.1 Å². The fourth-order valence-corrected chi connectivity index (χ4v) is 3.80. The molecular weight excluding hydrogens is 424 g/mol. The average Bonchev–Trinajstić information content (AvgIpc) is 2.77. The molecule has 0 aromatic heterocycles. The van der Waals surface area contributed by atoms with E-state index in [1.165, 1.54) is 4.90 Å². The minimum Gasteiger partial charge on any atom is -0.301 e. The van der Waals surface area contributed by atoms with E-state index in [0.717, 1.165) is 28.1 Å². The Morgan fingerprint density at radius 1 is 1.09 bits per heavy atom. The first-order valence-electron chi connectivity index (χ1n) is 9.98. The number of benzene rings is 3. The topological polar surface area (TPSA) is 90.9 Å².